The number of methoxy groups -OCH3 is 2. The largest absolute Gasteiger partial charge is 0.497 e. The molecule has 0 saturated heterocycles. The van der Waals surface area contributed by atoms with Gasteiger partial charge in [-0.2, -0.15) is 5.26 Å². The summed E-state index contributed by atoms with van der Waals surface area (Å²) in [5, 5.41) is 12.4. The van der Waals surface area contributed by atoms with Crippen LogP contribution in [0.15, 0.2) is 66.7 Å². The molecule has 3 aromatic carbocycles. The molecule has 1 unspecified atom stereocenters. The number of hydrogen-bond acceptors (Lipinski definition) is 6. The van der Waals surface area contributed by atoms with Gasteiger partial charge in [0.2, 0.25) is 0 Å². The van der Waals surface area contributed by atoms with Crippen molar-refractivity contribution in [2.24, 2.45) is 0 Å². The topological polar surface area (TPSA) is 77.8 Å². The minimum atomic E-state index is -0.437. The number of nitrogens with one attached hydrogen (secondary N) is 1. The summed E-state index contributed by atoms with van der Waals surface area (Å²) < 4.78 is 10.9. The van der Waals surface area contributed by atoms with Gasteiger partial charge in [-0.3, -0.25) is 9.69 Å². The Labute approximate surface area is 193 Å². The van der Waals surface area contributed by atoms with Crippen molar-refractivity contribution in [3.8, 4) is 17.6 Å². The maximum atomic E-state index is 13.7. The number of nitriles is 1. The van der Waals surface area contributed by atoms with Crippen LogP contribution in [0.25, 0.3) is 0 Å². The fraction of sp³-hybridized carbons (Fsp3) is 0.231. The van der Waals surface area contributed by atoms with Crippen molar-refractivity contribution in [3.63, 3.8) is 0 Å². The molecular weight excluding hydrogens is 416 g/mol. The number of para-hydroxylation sites is 1. The summed E-state index contributed by atoms with van der Waals surface area (Å²) in [6, 6.07) is 23.1. The van der Waals surface area contributed by atoms with E-state index in [1.807, 2.05) is 72.6 Å². The Balaban J connectivity index is 1.77. The summed E-state index contributed by atoms with van der Waals surface area (Å²) >= 11 is 0. The average Bonchev–Trinajstić information content (AvgIpc) is 2.87. The van der Waals surface area contributed by atoms with Crippen LogP contribution >= 0.6 is 0 Å². The lowest BCUT2D eigenvalue weighted by Gasteiger charge is -2.38. The zero-order valence-electron chi connectivity index (χ0n) is 18.9. The van der Waals surface area contributed by atoms with Crippen molar-refractivity contribution in [1.29, 1.82) is 5.26 Å². The number of benzene rings is 3. The first-order valence-electron chi connectivity index (χ1n) is 10.7. The van der Waals surface area contributed by atoms with Crippen LogP contribution in [0.4, 0.5) is 17.1 Å². The Morgan fingerprint density at radius 1 is 1.06 bits per heavy atom. The van der Waals surface area contributed by atoms with E-state index in [0.29, 0.717) is 35.7 Å². The summed E-state index contributed by atoms with van der Waals surface area (Å²) in [7, 11) is 5.13. The highest BCUT2D eigenvalue weighted by Gasteiger charge is 2.35. The zero-order valence-corrected chi connectivity index (χ0v) is 18.9. The van der Waals surface area contributed by atoms with Crippen molar-refractivity contribution in [2.45, 2.75) is 12.6 Å². The molecule has 0 fully saturated rings. The van der Waals surface area contributed by atoms with Gasteiger partial charge in [0.1, 0.15) is 17.7 Å². The predicted molar refractivity (Wildman–Crippen MR) is 129 cm³/mol. The molecule has 168 valence electrons. The number of anilines is 3. The maximum absolute atomic E-state index is 13.7. The smallest absolute Gasteiger partial charge is 0.262 e. The van der Waals surface area contributed by atoms with Crippen molar-refractivity contribution in [1.82, 2.24) is 0 Å². The molecule has 1 atom stereocenters. The molecule has 7 nitrogen and oxygen atoms in total. The van der Waals surface area contributed by atoms with Gasteiger partial charge >= 0.3 is 0 Å². The highest BCUT2D eigenvalue weighted by Crippen LogP contribution is 2.42. The van der Waals surface area contributed by atoms with E-state index in [4.69, 9.17) is 14.7 Å². The van der Waals surface area contributed by atoms with Crippen LogP contribution in [0.3, 0.4) is 0 Å². The Morgan fingerprint density at radius 2 is 1.82 bits per heavy atom. The number of nitrogens with zero attached hydrogens (tertiary/aromatic N) is 3. The highest BCUT2D eigenvalue weighted by atomic mass is 16.5. The van der Waals surface area contributed by atoms with Gasteiger partial charge in [0.15, 0.2) is 0 Å². The lowest BCUT2D eigenvalue weighted by molar-refractivity contribution is 0.0974. The summed E-state index contributed by atoms with van der Waals surface area (Å²) in [6.45, 7) is 0.651. The van der Waals surface area contributed by atoms with Crippen LogP contribution in [0.1, 0.15) is 28.5 Å². The van der Waals surface area contributed by atoms with Crippen LogP contribution in [0.2, 0.25) is 0 Å². The van der Waals surface area contributed by atoms with E-state index < -0.39 is 6.17 Å². The third-order valence-corrected chi connectivity index (χ3v) is 5.78. The van der Waals surface area contributed by atoms with E-state index in [9.17, 15) is 4.79 Å². The number of fused-ring (bicyclic) bond motifs is 1. The van der Waals surface area contributed by atoms with Crippen LogP contribution < -0.4 is 24.6 Å². The molecule has 0 aromatic heterocycles. The molecule has 4 rings (SSSR count). The first-order valence-corrected chi connectivity index (χ1v) is 10.7. The van der Waals surface area contributed by atoms with E-state index in [1.165, 1.54) is 0 Å². The second kappa shape index (κ2) is 9.53. The molecule has 1 N–H and O–H groups in total. The molecule has 33 heavy (non-hydrogen) atoms. The van der Waals surface area contributed by atoms with Crippen LogP contribution in [-0.4, -0.2) is 33.7 Å². The van der Waals surface area contributed by atoms with Crippen molar-refractivity contribution in [3.05, 3.63) is 77.9 Å². The SMILES string of the molecule is COc1ccc(N2C(=O)c3ccccc3NC2c2ccc(N(C)CCC#N)cc2)c(OC)c1. The third kappa shape index (κ3) is 4.28. The zero-order chi connectivity index (χ0) is 23.4. The number of hydrogen-bond donors (Lipinski definition) is 1. The minimum Gasteiger partial charge on any atom is -0.497 e. The van der Waals surface area contributed by atoms with Gasteiger partial charge in [-0.25, -0.2) is 0 Å². The molecule has 0 spiro atoms. The number of ether oxygens (including phenoxy) is 2. The van der Waals surface area contributed by atoms with E-state index >= 15 is 0 Å². The second-order valence-corrected chi connectivity index (χ2v) is 7.73. The van der Waals surface area contributed by atoms with E-state index in [-0.39, 0.29) is 5.91 Å². The number of amides is 1. The average molecular weight is 443 g/mol. The van der Waals surface area contributed by atoms with Gasteiger partial charge < -0.3 is 19.7 Å². The third-order valence-electron chi connectivity index (χ3n) is 5.78. The minimum absolute atomic E-state index is 0.118. The van der Waals surface area contributed by atoms with Gasteiger partial charge in [-0.15, -0.1) is 0 Å². The van der Waals surface area contributed by atoms with E-state index in [2.05, 4.69) is 11.4 Å². The number of rotatable bonds is 7. The molecule has 0 bridgehead atoms. The molecule has 1 aliphatic heterocycles. The molecule has 0 aliphatic carbocycles. The van der Waals surface area contributed by atoms with E-state index in [0.717, 1.165) is 16.9 Å². The monoisotopic (exact) mass is 442 g/mol. The van der Waals surface area contributed by atoms with Crippen molar-refractivity contribution < 1.29 is 14.3 Å². The Kier molecular flexibility index (Phi) is 6.36. The Hall–Kier alpha value is -4.18. The summed E-state index contributed by atoms with van der Waals surface area (Å²) in [6.07, 6.45) is 0.0202. The number of carbonyl (C=O) groups is 1. The lowest BCUT2D eigenvalue weighted by Crippen LogP contribution is -2.43. The van der Waals surface area contributed by atoms with Crippen LogP contribution in [0, 0.1) is 11.3 Å². The van der Waals surface area contributed by atoms with Gasteiger partial charge in [0.05, 0.1) is 38.0 Å². The molecule has 0 saturated carbocycles. The lowest BCUT2D eigenvalue weighted by atomic mass is 10.0. The summed E-state index contributed by atoms with van der Waals surface area (Å²) in [5.74, 6) is 1.07. The van der Waals surface area contributed by atoms with Crippen LogP contribution in [-0.2, 0) is 0 Å². The molecular formula is C26H26N4O3. The first kappa shape index (κ1) is 22.0. The normalized spacial score (nSPS) is 14.7. The molecule has 0 radical (unpaired) electrons. The molecule has 1 heterocycles. The molecule has 1 amide bonds. The quantitative estimate of drug-likeness (QED) is 0.565. The van der Waals surface area contributed by atoms with E-state index in [1.54, 1.807) is 25.2 Å². The van der Waals surface area contributed by atoms with Crippen molar-refractivity contribution in [2.75, 3.05) is 42.9 Å². The van der Waals surface area contributed by atoms with Gasteiger partial charge in [-0.05, 0) is 42.0 Å². The van der Waals surface area contributed by atoms with Gasteiger partial charge in [0, 0.05) is 31.0 Å². The predicted octanol–water partition coefficient (Wildman–Crippen LogP) is 4.82. The van der Waals surface area contributed by atoms with Crippen molar-refractivity contribution >= 4 is 23.0 Å². The molecule has 3 aromatic rings. The summed E-state index contributed by atoms with van der Waals surface area (Å²) in [4.78, 5) is 17.4. The molecule has 7 heteroatoms. The Bertz CT molecular complexity index is 1190. The maximum Gasteiger partial charge on any atom is 0.262 e. The fourth-order valence-electron chi connectivity index (χ4n) is 3.98. The number of carbonyl (C=O) groups excluding carboxylic acids is 1. The van der Waals surface area contributed by atoms with Crippen LogP contribution in [0.5, 0.6) is 11.5 Å². The first-order chi connectivity index (χ1) is 16.1. The Morgan fingerprint density at radius 3 is 2.52 bits per heavy atom. The standard InChI is InChI=1S/C26H26N4O3/c1-29(16-6-15-27)19-11-9-18(10-12-19)25-28-22-8-5-4-7-21(22)26(31)30(25)23-14-13-20(32-2)17-24(23)33-3/h4-5,7-14,17,25,28H,6,16H2,1-3H3. The molecule has 1 aliphatic rings. The fourth-order valence-corrected chi connectivity index (χ4v) is 3.98. The van der Waals surface area contributed by atoms with Gasteiger partial charge in [0.25, 0.3) is 5.91 Å². The highest BCUT2D eigenvalue weighted by molar-refractivity contribution is 6.12. The summed E-state index contributed by atoms with van der Waals surface area (Å²) in [5.41, 5.74) is 3.95. The second-order valence-electron chi connectivity index (χ2n) is 7.73. The van der Waals surface area contributed by atoms with Gasteiger partial charge in [-0.1, -0.05) is 24.3 Å².